The van der Waals surface area contributed by atoms with Crippen LogP contribution in [0.1, 0.15) is 23.7 Å². The van der Waals surface area contributed by atoms with E-state index in [1.165, 1.54) is 23.3 Å². The molecule has 0 radical (unpaired) electrons. The lowest BCUT2D eigenvalue weighted by atomic mass is 10.1. The Balaban J connectivity index is 1.67. The molecule has 1 aliphatic rings. The Bertz CT molecular complexity index is 1060. The average molecular weight is 452 g/mol. The average Bonchev–Trinajstić information content (AvgIpc) is 3.15. The molecule has 0 saturated carbocycles. The van der Waals surface area contributed by atoms with Gasteiger partial charge in [0.15, 0.2) is 0 Å². The number of likely N-dealkylation sites (N-methyl/N-ethyl adjacent to an activating group) is 1. The fourth-order valence-corrected chi connectivity index (χ4v) is 4.37. The maximum atomic E-state index is 13.6. The SMILES string of the molecule is CCN(Cc1cccc(OC)c1)Cc1c(C)nn(-c2ccc(F)cc2)c1N1CCN(C)CC1. The van der Waals surface area contributed by atoms with Gasteiger partial charge in [0.2, 0.25) is 0 Å². The molecule has 0 spiro atoms. The minimum atomic E-state index is -0.237. The first-order valence-corrected chi connectivity index (χ1v) is 11.6. The van der Waals surface area contributed by atoms with E-state index in [1.807, 2.05) is 16.8 Å². The van der Waals surface area contributed by atoms with Crippen LogP contribution in [-0.4, -0.2) is 66.5 Å². The van der Waals surface area contributed by atoms with Crippen molar-refractivity contribution in [2.45, 2.75) is 26.9 Å². The Morgan fingerprint density at radius 3 is 2.42 bits per heavy atom. The summed E-state index contributed by atoms with van der Waals surface area (Å²) in [5.74, 6) is 1.76. The summed E-state index contributed by atoms with van der Waals surface area (Å²) in [6, 6.07) is 14.9. The van der Waals surface area contributed by atoms with Gasteiger partial charge >= 0.3 is 0 Å². The molecule has 1 saturated heterocycles. The molecule has 1 aromatic heterocycles. The zero-order valence-electron chi connectivity index (χ0n) is 20.1. The Kier molecular flexibility index (Phi) is 7.30. The summed E-state index contributed by atoms with van der Waals surface area (Å²) in [6.07, 6.45) is 0. The molecule has 1 aliphatic heterocycles. The quantitative estimate of drug-likeness (QED) is 0.515. The molecule has 1 fully saturated rings. The van der Waals surface area contributed by atoms with E-state index in [0.717, 1.165) is 68.8 Å². The highest BCUT2D eigenvalue weighted by Crippen LogP contribution is 2.30. The van der Waals surface area contributed by atoms with Gasteiger partial charge in [0.1, 0.15) is 17.4 Å². The largest absolute Gasteiger partial charge is 0.497 e. The number of methoxy groups -OCH3 is 1. The maximum absolute atomic E-state index is 13.6. The van der Waals surface area contributed by atoms with E-state index in [-0.39, 0.29) is 5.82 Å². The van der Waals surface area contributed by atoms with Gasteiger partial charge in [-0.05, 0) is 62.5 Å². The van der Waals surface area contributed by atoms with Gasteiger partial charge in [-0.2, -0.15) is 5.10 Å². The summed E-state index contributed by atoms with van der Waals surface area (Å²) >= 11 is 0. The number of ether oxygens (including phenoxy) is 1. The molecule has 6 nitrogen and oxygen atoms in total. The smallest absolute Gasteiger partial charge is 0.137 e. The fraction of sp³-hybridized carbons (Fsp3) is 0.423. The molecule has 2 heterocycles. The van der Waals surface area contributed by atoms with Gasteiger partial charge < -0.3 is 14.5 Å². The molecular formula is C26H34FN5O. The molecule has 4 rings (SSSR count). The molecule has 0 atom stereocenters. The van der Waals surface area contributed by atoms with Gasteiger partial charge in [0.05, 0.1) is 18.5 Å². The zero-order valence-corrected chi connectivity index (χ0v) is 20.1. The molecule has 176 valence electrons. The zero-order chi connectivity index (χ0) is 23.4. The first-order valence-electron chi connectivity index (χ1n) is 11.6. The second-order valence-electron chi connectivity index (χ2n) is 8.72. The van der Waals surface area contributed by atoms with Gasteiger partial charge in [-0.1, -0.05) is 19.1 Å². The molecule has 0 unspecified atom stereocenters. The monoisotopic (exact) mass is 451 g/mol. The Morgan fingerprint density at radius 2 is 1.76 bits per heavy atom. The van der Waals surface area contributed by atoms with Crippen LogP contribution in [0.25, 0.3) is 5.69 Å². The summed E-state index contributed by atoms with van der Waals surface area (Å²) in [5.41, 5.74) is 4.35. The number of aryl methyl sites for hydroxylation is 1. The Labute approximate surface area is 196 Å². The van der Waals surface area contributed by atoms with E-state index in [2.05, 4.69) is 47.7 Å². The van der Waals surface area contributed by atoms with Gasteiger partial charge in [-0.25, -0.2) is 9.07 Å². The van der Waals surface area contributed by atoms with Crippen molar-refractivity contribution in [2.24, 2.45) is 0 Å². The number of piperazine rings is 1. The van der Waals surface area contributed by atoms with Crippen molar-refractivity contribution in [2.75, 3.05) is 51.8 Å². The normalized spacial score (nSPS) is 14.8. The number of rotatable bonds is 8. The molecule has 7 heteroatoms. The van der Waals surface area contributed by atoms with Crippen LogP contribution in [0.15, 0.2) is 48.5 Å². The van der Waals surface area contributed by atoms with Crippen LogP contribution in [0.4, 0.5) is 10.2 Å². The van der Waals surface area contributed by atoms with Crippen molar-refractivity contribution in [3.63, 3.8) is 0 Å². The van der Waals surface area contributed by atoms with E-state index in [9.17, 15) is 4.39 Å². The number of anilines is 1. The molecular weight excluding hydrogens is 417 g/mol. The minimum Gasteiger partial charge on any atom is -0.497 e. The molecule has 33 heavy (non-hydrogen) atoms. The lowest BCUT2D eigenvalue weighted by molar-refractivity contribution is 0.269. The highest BCUT2D eigenvalue weighted by atomic mass is 19.1. The van der Waals surface area contributed by atoms with Crippen LogP contribution in [0, 0.1) is 12.7 Å². The van der Waals surface area contributed by atoms with Gasteiger partial charge in [0.25, 0.3) is 0 Å². The van der Waals surface area contributed by atoms with Crippen LogP contribution in [0.3, 0.4) is 0 Å². The summed E-state index contributed by atoms with van der Waals surface area (Å²) < 4.78 is 21.0. The first kappa shape index (κ1) is 23.3. The number of nitrogens with zero attached hydrogens (tertiary/aromatic N) is 5. The Morgan fingerprint density at radius 1 is 1.03 bits per heavy atom. The predicted octanol–water partition coefficient (Wildman–Crippen LogP) is 4.10. The topological polar surface area (TPSA) is 36.8 Å². The van der Waals surface area contributed by atoms with E-state index >= 15 is 0 Å². The standard InChI is InChI=1S/C26H34FN5O/c1-5-30(18-21-7-6-8-24(17-21)33-4)19-25-20(2)28-32(23-11-9-22(27)10-12-23)26(25)31-15-13-29(3)14-16-31/h6-12,17H,5,13-16,18-19H2,1-4H3. The maximum Gasteiger partial charge on any atom is 0.137 e. The summed E-state index contributed by atoms with van der Waals surface area (Å²) in [6.45, 7) is 10.7. The molecule has 0 amide bonds. The van der Waals surface area contributed by atoms with Crippen molar-refractivity contribution in [3.05, 3.63) is 71.2 Å². The van der Waals surface area contributed by atoms with Crippen molar-refractivity contribution < 1.29 is 9.13 Å². The molecule has 0 aliphatic carbocycles. The summed E-state index contributed by atoms with van der Waals surface area (Å²) in [4.78, 5) is 7.20. The third kappa shape index (κ3) is 5.37. The van der Waals surface area contributed by atoms with Gasteiger partial charge in [-0.3, -0.25) is 4.90 Å². The number of aromatic nitrogens is 2. The third-order valence-corrected chi connectivity index (χ3v) is 6.40. The lowest BCUT2D eigenvalue weighted by Gasteiger charge is -2.35. The van der Waals surface area contributed by atoms with Crippen LogP contribution in [-0.2, 0) is 13.1 Å². The van der Waals surface area contributed by atoms with Gasteiger partial charge in [0, 0.05) is 44.8 Å². The first-order chi connectivity index (χ1) is 16.0. The second kappa shape index (κ2) is 10.4. The van der Waals surface area contributed by atoms with E-state index in [4.69, 9.17) is 9.84 Å². The highest BCUT2D eigenvalue weighted by molar-refractivity contribution is 5.56. The third-order valence-electron chi connectivity index (χ3n) is 6.40. The van der Waals surface area contributed by atoms with Crippen molar-refractivity contribution in [1.29, 1.82) is 0 Å². The highest BCUT2D eigenvalue weighted by Gasteiger charge is 2.25. The number of hydrogen-bond acceptors (Lipinski definition) is 5. The molecule has 3 aromatic rings. The van der Waals surface area contributed by atoms with Crippen LogP contribution < -0.4 is 9.64 Å². The number of halogens is 1. The summed E-state index contributed by atoms with van der Waals surface area (Å²) in [5, 5.41) is 4.92. The molecule has 2 aromatic carbocycles. The second-order valence-corrected chi connectivity index (χ2v) is 8.72. The number of hydrogen-bond donors (Lipinski definition) is 0. The lowest BCUT2D eigenvalue weighted by Crippen LogP contribution is -2.45. The van der Waals surface area contributed by atoms with Crippen LogP contribution in [0.2, 0.25) is 0 Å². The van der Waals surface area contributed by atoms with Crippen molar-refractivity contribution in [3.8, 4) is 11.4 Å². The fourth-order valence-electron chi connectivity index (χ4n) is 4.37. The summed E-state index contributed by atoms with van der Waals surface area (Å²) in [7, 11) is 3.86. The van der Waals surface area contributed by atoms with E-state index in [1.54, 1.807) is 19.2 Å². The minimum absolute atomic E-state index is 0.237. The van der Waals surface area contributed by atoms with Crippen molar-refractivity contribution >= 4 is 5.82 Å². The van der Waals surface area contributed by atoms with Crippen molar-refractivity contribution in [1.82, 2.24) is 19.6 Å². The predicted molar refractivity (Wildman–Crippen MR) is 131 cm³/mol. The number of benzene rings is 2. The Hall–Kier alpha value is -2.90. The van der Waals surface area contributed by atoms with E-state index < -0.39 is 0 Å². The van der Waals surface area contributed by atoms with Gasteiger partial charge in [-0.15, -0.1) is 0 Å². The van der Waals surface area contributed by atoms with E-state index in [0.29, 0.717) is 0 Å². The van der Waals surface area contributed by atoms with Crippen LogP contribution in [0.5, 0.6) is 5.75 Å². The van der Waals surface area contributed by atoms with Crippen LogP contribution >= 0.6 is 0 Å². The molecule has 0 bridgehead atoms. The molecule has 0 N–H and O–H groups in total.